The van der Waals surface area contributed by atoms with E-state index in [1.54, 1.807) is 51.0 Å². The first-order valence-electron chi connectivity index (χ1n) is 22.0. The van der Waals surface area contributed by atoms with Gasteiger partial charge in [0.25, 0.3) is 0 Å². The molecule has 7 aromatic rings. The number of unbranched alkanes of at least 4 members (excludes halogenated alkanes) is 1. The van der Waals surface area contributed by atoms with Gasteiger partial charge in [0.15, 0.2) is 37.6 Å². The zero-order valence-corrected chi connectivity index (χ0v) is 46.1. The second-order valence-corrected chi connectivity index (χ2v) is 14.1. The van der Waals surface area contributed by atoms with Gasteiger partial charge in [0.05, 0.1) is 71.9 Å². The van der Waals surface area contributed by atoms with Gasteiger partial charge >= 0.3 is 18.9 Å². The fourth-order valence-corrected chi connectivity index (χ4v) is 4.43. The van der Waals surface area contributed by atoms with E-state index < -0.39 is 18.8 Å². The third kappa shape index (κ3) is 39.9. The smallest absolute Gasteiger partial charge is 0.506 e. The van der Waals surface area contributed by atoms with E-state index in [0.717, 1.165) is 18.2 Å². The minimum atomic E-state index is -1.00. The normalized spacial score (nSPS) is 9.14. The largest absolute Gasteiger partial charge is 1.00 e. The van der Waals surface area contributed by atoms with Crippen LogP contribution in [0.3, 0.4) is 0 Å². The zero-order valence-electron chi connectivity index (χ0n) is 44.0. The second kappa shape index (κ2) is 54.3. The first-order chi connectivity index (χ1) is 37.1. The van der Waals surface area contributed by atoms with Crippen molar-refractivity contribution in [2.45, 2.75) is 27.2 Å². The van der Waals surface area contributed by atoms with Crippen molar-refractivity contribution in [3.63, 3.8) is 0 Å². The van der Waals surface area contributed by atoms with Gasteiger partial charge in [-0.25, -0.2) is 13.8 Å². The van der Waals surface area contributed by atoms with Crippen LogP contribution < -0.4 is 34.1 Å². The molecule has 5 heterocycles. The number of ether oxygens (including phenoxy) is 5. The number of methoxy groups -OCH3 is 3. The first-order valence-corrected chi connectivity index (χ1v) is 22.6. The van der Waals surface area contributed by atoms with E-state index in [-0.39, 0.29) is 96.4 Å². The Morgan fingerprint density at radius 2 is 1.25 bits per heavy atom. The number of hydrogen-bond donors (Lipinski definition) is 4. The molecule has 0 spiro atoms. The summed E-state index contributed by atoms with van der Waals surface area (Å²) in [4.78, 5) is 43.1. The van der Waals surface area contributed by atoms with Gasteiger partial charge < -0.3 is 51.7 Å². The summed E-state index contributed by atoms with van der Waals surface area (Å²) in [5, 5.41) is 36.0. The molecule has 26 heteroatoms. The summed E-state index contributed by atoms with van der Waals surface area (Å²) in [7, 11) is 3.64. The summed E-state index contributed by atoms with van der Waals surface area (Å²) in [6, 6.07) is 21.4. The summed E-state index contributed by atoms with van der Waals surface area (Å²) < 4.78 is 64.6. The molecule has 5 N–H and O–H groups in total. The predicted molar refractivity (Wildman–Crippen MR) is 300 cm³/mol. The molecule has 0 saturated heterocycles. The molecule has 2 aromatic carbocycles. The summed E-state index contributed by atoms with van der Waals surface area (Å²) in [5.41, 5.74) is 7.05. The Labute approximate surface area is 493 Å². The second-order valence-electron chi connectivity index (χ2n) is 13.1. The molecule has 0 aliphatic carbocycles. The maximum atomic E-state index is 13.0. The van der Waals surface area contributed by atoms with Crippen molar-refractivity contribution in [2.75, 3.05) is 53.9 Å². The maximum absolute atomic E-state index is 13.0. The number of rotatable bonds is 12. The molecular weight excluding hydrogens is 1110 g/mol. The average Bonchev–Trinajstić information content (AvgIpc) is 3.45. The van der Waals surface area contributed by atoms with Crippen LogP contribution in [0.4, 0.5) is 24.5 Å². The van der Waals surface area contributed by atoms with Crippen LogP contribution in [0.5, 0.6) is 28.7 Å². The van der Waals surface area contributed by atoms with Crippen LogP contribution in [0.2, 0.25) is 10.0 Å². The van der Waals surface area contributed by atoms with Gasteiger partial charge in [0.2, 0.25) is 0 Å². The third-order valence-corrected chi connectivity index (χ3v) is 8.37. The Bertz CT molecular complexity index is 2720. The Morgan fingerprint density at radius 1 is 0.759 bits per heavy atom. The number of nitriles is 1. The minimum Gasteiger partial charge on any atom is -0.506 e. The van der Waals surface area contributed by atoms with Crippen LogP contribution in [0.15, 0.2) is 146 Å². The number of aromatic nitrogens is 5. The molecule has 79 heavy (non-hydrogen) atoms. The van der Waals surface area contributed by atoms with Crippen molar-refractivity contribution < 1.29 is 82.0 Å². The number of halogens is 7. The Balaban J connectivity index is -0.000000275. The number of aliphatic imine (C=N–C) groups is 1. The summed E-state index contributed by atoms with van der Waals surface area (Å²) >= 11 is 16.0. The minimum absolute atomic E-state index is 0. The van der Waals surface area contributed by atoms with Crippen LogP contribution >= 0.6 is 47.2 Å². The quantitative estimate of drug-likeness (QED) is 0.0169. The van der Waals surface area contributed by atoms with Gasteiger partial charge in [0.1, 0.15) is 46.8 Å². The summed E-state index contributed by atoms with van der Waals surface area (Å²) in [6.07, 6.45) is 18.2. The van der Waals surface area contributed by atoms with Crippen molar-refractivity contribution in [1.29, 1.82) is 5.26 Å². The first kappa shape index (κ1) is 78.4. The third-order valence-electron chi connectivity index (χ3n) is 7.57. The van der Waals surface area contributed by atoms with E-state index >= 15 is 0 Å². The molecule has 5 aromatic heterocycles. The molecule has 0 aliphatic rings. The number of nitrogen functional groups attached to an aromatic ring is 1. The van der Waals surface area contributed by atoms with Gasteiger partial charge in [0, 0.05) is 58.0 Å². The summed E-state index contributed by atoms with van der Waals surface area (Å²) in [6.45, 7) is 6.11. The van der Waals surface area contributed by atoms with Gasteiger partial charge in [-0.05, 0) is 78.9 Å². The molecule has 0 atom stereocenters. The van der Waals surface area contributed by atoms with Crippen LogP contribution in [-0.4, -0.2) is 107 Å². The Hall–Kier alpha value is -7.08. The number of nitrogens with zero attached hydrogens (tertiary/aromatic N) is 7. The molecule has 0 unspecified atom stereocenters. The molecule has 424 valence electrons. The topological polar surface area (TPSA) is 268 Å². The fraction of sp³-hybridized carbons (Fsp3) is 0.208. The van der Waals surface area contributed by atoms with Gasteiger partial charge in [-0.2, -0.15) is 11.7 Å². The number of aromatic hydroxyl groups is 3. The molecule has 0 aliphatic heterocycles. The zero-order chi connectivity index (χ0) is 58.1. The van der Waals surface area contributed by atoms with Gasteiger partial charge in [-0.3, -0.25) is 38.9 Å². The molecule has 18 nitrogen and oxygen atoms in total. The number of carbonyl (C=O) groups is 2. The SMILES string of the molecule is C.COCCl.COCOc1cccnc1.COCOc1cnccc1C=O.Cl.N#CC(=Nc1ccc(F)c(Cl)c1)c1ccncc1O.Nc1ccc(F)c(Cl)c1.O=Cc1ccncc1O.Oc1cccnc1.[2H]CF.[CH2-]CCC.[Li+]. The van der Waals surface area contributed by atoms with E-state index in [0.29, 0.717) is 41.3 Å². The molecule has 0 fully saturated rings. The van der Waals surface area contributed by atoms with E-state index in [9.17, 15) is 27.9 Å². The Kier molecular flexibility index (Phi) is 53.9. The number of carbonyl (C=O) groups excluding carboxylic acids is 2. The standard InChI is InChI=1S/C13H7ClFN3O.C8H9NO3.C7H9NO2.C6H5ClFN.C6H5NO2.C5H5NO.C4H9.C2H5ClO.CH3F.CH4.ClH.Li/c14-10-5-8(1-2-11(10)15)18-12(6-16)9-3-4-17-7-13(9)19;1-11-6-12-8-4-9-3-2-7(8)5-10;1-9-6-10-7-3-2-4-8-5-7;7-5-3-4(9)1-2-6(5)8;8-4-5-1-2-7-3-6(5)9;7-5-2-1-3-6-4-5;1-3-4-2;1-4-2-3;1-2;;;/h1-5,7,19H;2-5H,6H2,1H3;2-5H,6H2,1H3;1-3H,9H2;1-4,9H;1-4,7H;1,3-4H2,2H3;2H2,1H3;1H3;1H4;1H;/q;;;;;;-1;;;;;+1/i;;;;;;;;1D;;;. The van der Waals surface area contributed by atoms with Crippen LogP contribution in [0, 0.1) is 29.9 Å². The predicted octanol–water partition coefficient (Wildman–Crippen LogP) is 9.71. The molecule has 0 saturated carbocycles. The average molecular weight is 1180 g/mol. The number of anilines is 1. The fourth-order valence-electron chi connectivity index (χ4n) is 4.07. The van der Waals surface area contributed by atoms with Crippen molar-refractivity contribution in [3.8, 4) is 34.8 Å². The number of nitrogens with two attached hydrogens (primary N) is 1. The molecule has 0 radical (unpaired) electrons. The molecular formula is C53H62Cl4F3LiN8O10. The number of hydrogen-bond acceptors (Lipinski definition) is 18. The molecule has 0 amide bonds. The number of benzene rings is 2. The summed E-state index contributed by atoms with van der Waals surface area (Å²) in [5.74, 6) is 0.140. The van der Waals surface area contributed by atoms with Crippen molar-refractivity contribution in [2.24, 2.45) is 4.99 Å². The molecule has 7 rings (SSSR count). The van der Waals surface area contributed by atoms with Gasteiger partial charge in [-0.15, -0.1) is 12.4 Å². The van der Waals surface area contributed by atoms with Crippen molar-refractivity contribution >= 4 is 76.9 Å². The maximum Gasteiger partial charge on any atom is 1.00 e. The van der Waals surface area contributed by atoms with E-state index in [2.05, 4.69) is 53.2 Å². The van der Waals surface area contributed by atoms with Gasteiger partial charge in [-0.1, -0.05) is 55.6 Å². The number of pyridine rings is 5. The van der Waals surface area contributed by atoms with E-state index in [4.69, 9.17) is 71.6 Å². The van der Waals surface area contributed by atoms with Crippen molar-refractivity contribution in [1.82, 2.24) is 24.9 Å². The van der Waals surface area contributed by atoms with Crippen LogP contribution in [0.1, 0.15) is 54.8 Å². The Morgan fingerprint density at radius 3 is 1.66 bits per heavy atom. The number of aldehydes is 2. The molecule has 0 bridgehead atoms. The van der Waals surface area contributed by atoms with Crippen LogP contribution in [0.25, 0.3) is 0 Å². The monoisotopic (exact) mass is 1180 g/mol. The van der Waals surface area contributed by atoms with E-state index in [1.165, 1.54) is 99.4 Å². The number of alkyl halides is 2. The van der Waals surface area contributed by atoms with Crippen molar-refractivity contribution in [3.05, 3.63) is 186 Å². The van der Waals surface area contributed by atoms with E-state index in [1.807, 2.05) is 18.2 Å². The van der Waals surface area contributed by atoms with Crippen LogP contribution in [-0.2, 0) is 14.2 Å².